The molecule has 25 heavy (non-hydrogen) atoms. The van der Waals surface area contributed by atoms with E-state index in [1.807, 2.05) is 54.6 Å². The Balaban J connectivity index is 1.77. The minimum atomic E-state index is -0.221. The highest BCUT2D eigenvalue weighted by Crippen LogP contribution is 2.19. The first-order chi connectivity index (χ1) is 12.2. The standard InChI is InChI=1S/C18H20N4O2S/c1-24-17(23)8-5-13-19-18(25)20-14-9-11-16(12-10-14)22-21-15-6-3-2-4-7-15/h2-4,6-7,9-12H,5,8,13H2,1H3,(H2,19,20,25). The topological polar surface area (TPSA) is 75.1 Å². The number of anilines is 1. The number of thiocarbonyl (C=S) groups is 1. The third-order valence-electron chi connectivity index (χ3n) is 3.23. The first kappa shape index (κ1) is 18.5. The SMILES string of the molecule is COC(=O)CCCNC(=S)Nc1ccc(N=Nc2ccccc2)cc1. The third-order valence-corrected chi connectivity index (χ3v) is 3.48. The predicted octanol–water partition coefficient (Wildman–Crippen LogP) is 4.34. The van der Waals surface area contributed by atoms with E-state index in [1.165, 1.54) is 7.11 Å². The smallest absolute Gasteiger partial charge is 0.305 e. The Bertz CT molecular complexity index is 718. The van der Waals surface area contributed by atoms with Crippen LogP contribution in [0, 0.1) is 0 Å². The van der Waals surface area contributed by atoms with Gasteiger partial charge in [-0.25, -0.2) is 0 Å². The van der Waals surface area contributed by atoms with E-state index in [9.17, 15) is 4.79 Å². The maximum Gasteiger partial charge on any atom is 0.305 e. The molecule has 0 aliphatic rings. The molecule has 0 heterocycles. The van der Waals surface area contributed by atoms with E-state index in [-0.39, 0.29) is 5.97 Å². The molecular weight excluding hydrogens is 336 g/mol. The summed E-state index contributed by atoms with van der Waals surface area (Å²) in [6, 6.07) is 17.0. The molecule has 0 amide bonds. The normalized spacial score (nSPS) is 10.4. The van der Waals surface area contributed by atoms with E-state index >= 15 is 0 Å². The molecule has 2 rings (SSSR count). The van der Waals surface area contributed by atoms with Crippen LogP contribution in [0.5, 0.6) is 0 Å². The highest BCUT2D eigenvalue weighted by atomic mass is 32.1. The van der Waals surface area contributed by atoms with E-state index in [0.717, 1.165) is 17.1 Å². The summed E-state index contributed by atoms with van der Waals surface area (Å²) >= 11 is 5.21. The van der Waals surface area contributed by atoms with Gasteiger partial charge in [0.2, 0.25) is 0 Å². The van der Waals surface area contributed by atoms with Gasteiger partial charge in [0.1, 0.15) is 0 Å². The zero-order chi connectivity index (χ0) is 17.9. The summed E-state index contributed by atoms with van der Waals surface area (Å²) in [5.41, 5.74) is 2.41. The predicted molar refractivity (Wildman–Crippen MR) is 103 cm³/mol. The molecule has 0 spiro atoms. The van der Waals surface area contributed by atoms with Crippen molar-refractivity contribution in [2.45, 2.75) is 12.8 Å². The summed E-state index contributed by atoms with van der Waals surface area (Å²) in [5.74, 6) is -0.221. The summed E-state index contributed by atoms with van der Waals surface area (Å²) in [5, 5.41) is 15.0. The lowest BCUT2D eigenvalue weighted by atomic mass is 10.3. The van der Waals surface area contributed by atoms with Crippen LogP contribution in [-0.2, 0) is 9.53 Å². The van der Waals surface area contributed by atoms with Gasteiger partial charge in [0, 0.05) is 18.7 Å². The minimum absolute atomic E-state index is 0.221. The number of methoxy groups -OCH3 is 1. The van der Waals surface area contributed by atoms with Gasteiger partial charge >= 0.3 is 5.97 Å². The second-order valence-corrected chi connectivity index (χ2v) is 5.55. The first-order valence-corrected chi connectivity index (χ1v) is 8.27. The third kappa shape index (κ3) is 7.09. The van der Waals surface area contributed by atoms with E-state index in [4.69, 9.17) is 12.2 Å². The summed E-state index contributed by atoms with van der Waals surface area (Å²) in [6.45, 7) is 0.601. The first-order valence-electron chi connectivity index (χ1n) is 7.86. The zero-order valence-electron chi connectivity index (χ0n) is 13.9. The molecule has 0 aliphatic carbocycles. The van der Waals surface area contributed by atoms with Crippen molar-refractivity contribution in [1.82, 2.24) is 5.32 Å². The number of hydrogen-bond acceptors (Lipinski definition) is 5. The van der Waals surface area contributed by atoms with Gasteiger partial charge < -0.3 is 15.4 Å². The number of esters is 1. The van der Waals surface area contributed by atoms with E-state index < -0.39 is 0 Å². The Morgan fingerprint density at radius 1 is 1.04 bits per heavy atom. The largest absolute Gasteiger partial charge is 0.469 e. The maximum atomic E-state index is 11.0. The molecule has 130 valence electrons. The number of rotatable bonds is 7. The molecule has 0 aromatic heterocycles. The van der Waals surface area contributed by atoms with E-state index in [1.54, 1.807) is 0 Å². The van der Waals surface area contributed by atoms with Crippen LogP contribution < -0.4 is 10.6 Å². The summed E-state index contributed by atoms with van der Waals surface area (Å²) in [4.78, 5) is 11.0. The average Bonchev–Trinajstić information content (AvgIpc) is 2.65. The van der Waals surface area contributed by atoms with Crippen molar-refractivity contribution in [3.8, 4) is 0 Å². The molecule has 2 aromatic carbocycles. The molecular formula is C18H20N4O2S. The molecule has 0 bridgehead atoms. The van der Waals surface area contributed by atoms with Gasteiger partial charge in [-0.05, 0) is 55.0 Å². The number of nitrogens with zero attached hydrogens (tertiary/aromatic N) is 2. The number of carbonyl (C=O) groups excluding carboxylic acids is 1. The Hall–Kier alpha value is -2.80. The molecule has 0 aliphatic heterocycles. The van der Waals surface area contributed by atoms with Crippen molar-refractivity contribution in [2.24, 2.45) is 10.2 Å². The molecule has 2 N–H and O–H groups in total. The van der Waals surface area contributed by atoms with Crippen molar-refractivity contribution in [3.63, 3.8) is 0 Å². The van der Waals surface area contributed by atoms with Gasteiger partial charge in [0.25, 0.3) is 0 Å². The quantitative estimate of drug-likeness (QED) is 0.334. The summed E-state index contributed by atoms with van der Waals surface area (Å²) in [6.07, 6.45) is 1.03. The average molecular weight is 356 g/mol. The fraction of sp³-hybridized carbons (Fsp3) is 0.222. The summed E-state index contributed by atoms with van der Waals surface area (Å²) < 4.78 is 4.58. The van der Waals surface area contributed by atoms with E-state index in [2.05, 4.69) is 25.6 Å². The Morgan fingerprint density at radius 2 is 1.68 bits per heavy atom. The molecule has 0 radical (unpaired) electrons. The van der Waals surface area contributed by atoms with Crippen LogP contribution in [0.2, 0.25) is 0 Å². The molecule has 6 nitrogen and oxygen atoms in total. The van der Waals surface area contributed by atoms with Gasteiger partial charge in [-0.15, -0.1) is 0 Å². The second kappa shape index (κ2) is 10.1. The lowest BCUT2D eigenvalue weighted by Crippen LogP contribution is -2.29. The van der Waals surface area contributed by atoms with Crippen LogP contribution in [0.4, 0.5) is 17.1 Å². The number of nitrogens with one attached hydrogen (secondary N) is 2. The zero-order valence-corrected chi connectivity index (χ0v) is 14.8. The Labute approximate surface area is 152 Å². The van der Waals surface area contributed by atoms with Gasteiger partial charge in [0.15, 0.2) is 5.11 Å². The van der Waals surface area contributed by atoms with Crippen LogP contribution >= 0.6 is 12.2 Å². The fourth-order valence-corrected chi connectivity index (χ4v) is 2.15. The molecule has 0 saturated heterocycles. The highest BCUT2D eigenvalue weighted by Gasteiger charge is 2.01. The molecule has 0 unspecified atom stereocenters. The molecule has 0 fully saturated rings. The van der Waals surface area contributed by atoms with Gasteiger partial charge in [0.05, 0.1) is 18.5 Å². The molecule has 7 heteroatoms. The number of azo groups is 1. The van der Waals surface area contributed by atoms with Gasteiger partial charge in [-0.3, -0.25) is 4.79 Å². The van der Waals surface area contributed by atoms with Crippen molar-refractivity contribution < 1.29 is 9.53 Å². The number of benzene rings is 2. The highest BCUT2D eigenvalue weighted by molar-refractivity contribution is 7.80. The lowest BCUT2D eigenvalue weighted by Gasteiger charge is -2.10. The van der Waals surface area contributed by atoms with Crippen molar-refractivity contribution in [2.75, 3.05) is 19.0 Å². The Morgan fingerprint density at radius 3 is 2.32 bits per heavy atom. The van der Waals surface area contributed by atoms with Crippen LogP contribution in [0.1, 0.15) is 12.8 Å². The van der Waals surface area contributed by atoms with Crippen molar-refractivity contribution in [1.29, 1.82) is 0 Å². The number of carbonyl (C=O) groups is 1. The van der Waals surface area contributed by atoms with Crippen LogP contribution in [-0.4, -0.2) is 24.7 Å². The van der Waals surface area contributed by atoms with Gasteiger partial charge in [-0.1, -0.05) is 18.2 Å². The fourth-order valence-electron chi connectivity index (χ4n) is 1.93. The van der Waals surface area contributed by atoms with Crippen LogP contribution in [0.15, 0.2) is 64.8 Å². The maximum absolute atomic E-state index is 11.0. The van der Waals surface area contributed by atoms with E-state index in [0.29, 0.717) is 24.5 Å². The van der Waals surface area contributed by atoms with Crippen molar-refractivity contribution in [3.05, 3.63) is 54.6 Å². The van der Waals surface area contributed by atoms with Gasteiger partial charge in [-0.2, -0.15) is 10.2 Å². The molecule has 0 saturated carbocycles. The van der Waals surface area contributed by atoms with Crippen LogP contribution in [0.25, 0.3) is 0 Å². The van der Waals surface area contributed by atoms with Crippen molar-refractivity contribution >= 4 is 40.4 Å². The molecule has 2 aromatic rings. The monoisotopic (exact) mass is 356 g/mol. The van der Waals surface area contributed by atoms with Crippen LogP contribution in [0.3, 0.4) is 0 Å². The second-order valence-electron chi connectivity index (χ2n) is 5.14. The number of ether oxygens (including phenoxy) is 1. The summed E-state index contributed by atoms with van der Waals surface area (Å²) in [7, 11) is 1.38. The number of hydrogen-bond donors (Lipinski definition) is 2. The lowest BCUT2D eigenvalue weighted by molar-refractivity contribution is -0.140. The minimum Gasteiger partial charge on any atom is -0.469 e. The Kier molecular flexibility index (Phi) is 7.52. The molecule has 0 atom stereocenters.